The molecule has 0 fully saturated rings. The van der Waals surface area contributed by atoms with E-state index in [0.717, 1.165) is 26.1 Å². The number of guanidine groups is 1. The van der Waals surface area contributed by atoms with Gasteiger partial charge in [-0.25, -0.2) is 0 Å². The van der Waals surface area contributed by atoms with E-state index in [1.165, 1.54) is 0 Å². The van der Waals surface area contributed by atoms with Crippen LogP contribution in [0, 0.1) is 0 Å². The van der Waals surface area contributed by atoms with Gasteiger partial charge in [-0.05, 0) is 38.5 Å². The van der Waals surface area contributed by atoms with Gasteiger partial charge in [0.1, 0.15) is 17.6 Å². The van der Waals surface area contributed by atoms with E-state index in [1.54, 1.807) is 32.4 Å². The molecule has 0 saturated heterocycles. The van der Waals surface area contributed by atoms with Gasteiger partial charge in [0.05, 0.1) is 20.8 Å². The van der Waals surface area contributed by atoms with Gasteiger partial charge in [-0.3, -0.25) is 4.99 Å². The largest absolute Gasteiger partial charge is 0.497 e. The van der Waals surface area contributed by atoms with Crippen LogP contribution in [0.3, 0.4) is 0 Å². The van der Waals surface area contributed by atoms with E-state index in [0.29, 0.717) is 29.6 Å². The topological polar surface area (TPSA) is 84.3 Å². The summed E-state index contributed by atoms with van der Waals surface area (Å²) < 4.78 is 15.8. The number of aliphatic imine (C=N–C) groups is 1. The van der Waals surface area contributed by atoms with Crippen molar-refractivity contribution in [2.75, 3.05) is 47.1 Å². The lowest BCUT2D eigenvalue weighted by molar-refractivity contribution is 0.145. The van der Waals surface area contributed by atoms with Gasteiger partial charge in [0.15, 0.2) is 5.96 Å². The quantitative estimate of drug-likeness (QED) is 0.319. The zero-order valence-corrected chi connectivity index (χ0v) is 15.7. The van der Waals surface area contributed by atoms with Crippen molar-refractivity contribution < 1.29 is 19.3 Å². The summed E-state index contributed by atoms with van der Waals surface area (Å²) in [6, 6.07) is 5.34. The predicted molar refractivity (Wildman–Crippen MR) is 99.6 cm³/mol. The van der Waals surface area contributed by atoms with Crippen LogP contribution in [0.2, 0.25) is 0 Å². The number of nitrogens with one attached hydrogen (secondary N) is 2. The lowest BCUT2D eigenvalue weighted by Crippen LogP contribution is -2.38. The monoisotopic (exact) mass is 353 g/mol. The van der Waals surface area contributed by atoms with Gasteiger partial charge < -0.3 is 30.0 Å². The average molecular weight is 353 g/mol. The molecule has 142 valence electrons. The lowest BCUT2D eigenvalue weighted by atomic mass is 10.1. The molecular weight excluding hydrogens is 322 g/mol. The number of hydrogen-bond acceptors (Lipinski definition) is 5. The number of aliphatic hydroxyl groups excluding tert-OH is 1. The minimum absolute atomic E-state index is 0.213. The van der Waals surface area contributed by atoms with Crippen LogP contribution in [0.1, 0.15) is 31.9 Å². The Kier molecular flexibility index (Phi) is 10.4. The molecule has 1 atom stereocenters. The highest BCUT2D eigenvalue weighted by atomic mass is 16.5. The summed E-state index contributed by atoms with van der Waals surface area (Å²) in [4.78, 5) is 4.45. The van der Waals surface area contributed by atoms with E-state index in [4.69, 9.17) is 14.2 Å². The Morgan fingerprint density at radius 1 is 1.20 bits per heavy atom. The van der Waals surface area contributed by atoms with Gasteiger partial charge in [0.2, 0.25) is 0 Å². The van der Waals surface area contributed by atoms with Gasteiger partial charge >= 0.3 is 0 Å². The minimum Gasteiger partial charge on any atom is -0.497 e. The molecule has 0 aromatic heterocycles. The van der Waals surface area contributed by atoms with E-state index in [2.05, 4.69) is 15.6 Å². The normalized spacial score (nSPS) is 12.6. The lowest BCUT2D eigenvalue weighted by Gasteiger charge is -2.16. The van der Waals surface area contributed by atoms with E-state index in [-0.39, 0.29) is 6.54 Å². The number of aliphatic hydroxyl groups is 1. The molecule has 3 N–H and O–H groups in total. The van der Waals surface area contributed by atoms with Crippen LogP contribution in [0.25, 0.3) is 0 Å². The third kappa shape index (κ3) is 7.62. The van der Waals surface area contributed by atoms with Crippen molar-refractivity contribution in [3.8, 4) is 11.5 Å². The average Bonchev–Trinajstić information content (AvgIpc) is 2.64. The number of benzene rings is 1. The summed E-state index contributed by atoms with van der Waals surface area (Å²) in [6.07, 6.45) is 0.105. The van der Waals surface area contributed by atoms with E-state index in [1.807, 2.05) is 13.8 Å². The molecule has 0 aliphatic rings. The SMILES string of the molecule is CCNC(=NCC(O)c1cc(OC)ccc1OC)NCCCOCC. The molecule has 0 heterocycles. The van der Waals surface area contributed by atoms with Crippen molar-refractivity contribution in [1.82, 2.24) is 10.6 Å². The number of rotatable bonds is 11. The maximum Gasteiger partial charge on any atom is 0.191 e. The summed E-state index contributed by atoms with van der Waals surface area (Å²) >= 11 is 0. The molecule has 0 amide bonds. The molecule has 0 aliphatic carbocycles. The Balaban J connectivity index is 2.68. The second-order valence-electron chi connectivity index (χ2n) is 5.32. The highest BCUT2D eigenvalue weighted by Crippen LogP contribution is 2.29. The first-order valence-corrected chi connectivity index (χ1v) is 8.66. The van der Waals surface area contributed by atoms with Gasteiger partial charge in [-0.1, -0.05) is 0 Å². The Bertz CT molecular complexity index is 523. The van der Waals surface area contributed by atoms with Crippen LogP contribution >= 0.6 is 0 Å². The fourth-order valence-electron chi connectivity index (χ4n) is 2.24. The van der Waals surface area contributed by atoms with Crippen molar-refractivity contribution in [2.24, 2.45) is 4.99 Å². The molecule has 1 aromatic rings. The minimum atomic E-state index is -0.788. The first-order valence-electron chi connectivity index (χ1n) is 8.66. The van der Waals surface area contributed by atoms with Gasteiger partial charge in [-0.15, -0.1) is 0 Å². The molecule has 7 nitrogen and oxygen atoms in total. The van der Waals surface area contributed by atoms with Crippen LogP contribution in [0.15, 0.2) is 23.2 Å². The maximum absolute atomic E-state index is 10.5. The highest BCUT2D eigenvalue weighted by Gasteiger charge is 2.14. The fraction of sp³-hybridized carbons (Fsp3) is 0.611. The molecule has 1 unspecified atom stereocenters. The van der Waals surface area contributed by atoms with Crippen molar-refractivity contribution in [3.05, 3.63) is 23.8 Å². The second kappa shape index (κ2) is 12.4. The fourth-order valence-corrected chi connectivity index (χ4v) is 2.24. The first-order chi connectivity index (χ1) is 12.2. The molecule has 25 heavy (non-hydrogen) atoms. The van der Waals surface area contributed by atoms with Crippen molar-refractivity contribution in [3.63, 3.8) is 0 Å². The Morgan fingerprint density at radius 2 is 2.00 bits per heavy atom. The molecule has 1 rings (SSSR count). The Morgan fingerprint density at radius 3 is 2.64 bits per heavy atom. The van der Waals surface area contributed by atoms with Gasteiger partial charge in [0, 0.05) is 31.9 Å². The van der Waals surface area contributed by atoms with Crippen molar-refractivity contribution in [2.45, 2.75) is 26.4 Å². The summed E-state index contributed by atoms with van der Waals surface area (Å²) in [7, 11) is 3.16. The Hall–Kier alpha value is -1.99. The zero-order chi connectivity index (χ0) is 18.5. The van der Waals surface area contributed by atoms with E-state index >= 15 is 0 Å². The summed E-state index contributed by atoms with van der Waals surface area (Å²) in [6.45, 7) is 7.13. The summed E-state index contributed by atoms with van der Waals surface area (Å²) in [5, 5.41) is 16.9. The number of methoxy groups -OCH3 is 2. The predicted octanol–water partition coefficient (Wildman–Crippen LogP) is 1.72. The van der Waals surface area contributed by atoms with Crippen molar-refractivity contribution in [1.29, 1.82) is 0 Å². The molecule has 0 aliphatic heterocycles. The standard InChI is InChI=1S/C18H31N3O4/c1-5-19-18(20-10-7-11-25-6-2)21-13-16(22)15-12-14(23-3)8-9-17(15)24-4/h8-9,12,16,22H,5-7,10-11,13H2,1-4H3,(H2,19,20,21). The highest BCUT2D eigenvalue weighted by molar-refractivity contribution is 5.79. The van der Waals surface area contributed by atoms with Crippen molar-refractivity contribution >= 4 is 5.96 Å². The first kappa shape index (κ1) is 21.1. The molecule has 0 saturated carbocycles. The third-order valence-corrected chi connectivity index (χ3v) is 3.52. The van der Waals surface area contributed by atoms with Crippen LogP contribution < -0.4 is 20.1 Å². The molecule has 0 bridgehead atoms. The van der Waals surface area contributed by atoms with Gasteiger partial charge in [-0.2, -0.15) is 0 Å². The van der Waals surface area contributed by atoms with Crippen LogP contribution in [-0.2, 0) is 4.74 Å². The van der Waals surface area contributed by atoms with Crippen LogP contribution in [0.5, 0.6) is 11.5 Å². The molecular formula is C18H31N3O4. The maximum atomic E-state index is 10.5. The molecule has 0 radical (unpaired) electrons. The van der Waals surface area contributed by atoms with E-state index in [9.17, 15) is 5.11 Å². The van der Waals surface area contributed by atoms with Crippen LogP contribution in [-0.4, -0.2) is 58.1 Å². The molecule has 7 heteroatoms. The van der Waals surface area contributed by atoms with Crippen LogP contribution in [0.4, 0.5) is 0 Å². The summed E-state index contributed by atoms with van der Waals surface area (Å²) in [5.74, 6) is 1.94. The zero-order valence-electron chi connectivity index (χ0n) is 15.7. The van der Waals surface area contributed by atoms with Gasteiger partial charge in [0.25, 0.3) is 0 Å². The van der Waals surface area contributed by atoms with E-state index < -0.39 is 6.10 Å². The number of hydrogen-bond donors (Lipinski definition) is 3. The number of nitrogens with zero attached hydrogens (tertiary/aromatic N) is 1. The summed E-state index contributed by atoms with van der Waals surface area (Å²) in [5.41, 5.74) is 0.651. The number of ether oxygens (including phenoxy) is 3. The molecule has 0 spiro atoms. The smallest absolute Gasteiger partial charge is 0.191 e. The second-order valence-corrected chi connectivity index (χ2v) is 5.32. The third-order valence-electron chi connectivity index (χ3n) is 3.52. The molecule has 1 aromatic carbocycles. The Labute approximate surface area is 150 Å².